The van der Waals surface area contributed by atoms with Gasteiger partial charge in [-0.3, -0.25) is 9.59 Å². The summed E-state index contributed by atoms with van der Waals surface area (Å²) in [5.74, 6) is 0.326. The molecule has 1 rings (SSSR count). The number of halogens is 1. The topological polar surface area (TPSA) is 66.1 Å². The number of hydrogen-bond acceptors (Lipinski definition) is 3. The Morgan fingerprint density at radius 1 is 1.56 bits per heavy atom. The summed E-state index contributed by atoms with van der Waals surface area (Å²) < 4.78 is 0. The number of carbonyl (C=O) groups excluding carboxylic acids is 1. The minimum atomic E-state index is -0.319. The highest BCUT2D eigenvalue weighted by atomic mass is 35.5. The Balaban J connectivity index is 2.74. The Kier molecular flexibility index (Phi) is 4.98. The lowest BCUT2D eigenvalue weighted by Gasteiger charge is -2.19. The zero-order valence-electron chi connectivity index (χ0n) is 9.07. The molecular weight excluding hydrogens is 230 g/mol. The Labute approximate surface area is 98.4 Å². The minimum absolute atomic E-state index is 0.191. The number of nitrogens with zero attached hydrogens (tertiary/aromatic N) is 2. The van der Waals surface area contributed by atoms with Crippen molar-refractivity contribution in [3.63, 3.8) is 0 Å². The van der Waals surface area contributed by atoms with Gasteiger partial charge in [-0.2, -0.15) is 5.10 Å². The van der Waals surface area contributed by atoms with Crippen LogP contribution in [0.4, 0.5) is 0 Å². The van der Waals surface area contributed by atoms with Crippen molar-refractivity contribution in [3.05, 3.63) is 28.2 Å². The van der Waals surface area contributed by atoms with Gasteiger partial charge in [0.1, 0.15) is 5.69 Å². The van der Waals surface area contributed by atoms with Crippen LogP contribution in [0.25, 0.3) is 0 Å². The number of hydrogen-bond donors (Lipinski definition) is 1. The van der Waals surface area contributed by atoms with Crippen LogP contribution in [0.3, 0.4) is 0 Å². The normalized spacial score (nSPS) is 10.1. The first-order valence-corrected chi connectivity index (χ1v) is 5.63. The molecule has 0 spiro atoms. The van der Waals surface area contributed by atoms with E-state index in [-0.39, 0.29) is 17.2 Å². The highest BCUT2D eigenvalue weighted by molar-refractivity contribution is 6.17. The lowest BCUT2D eigenvalue weighted by Crippen LogP contribution is -2.33. The maximum Gasteiger partial charge on any atom is 0.274 e. The monoisotopic (exact) mass is 243 g/mol. The molecule has 0 atom stereocenters. The zero-order chi connectivity index (χ0) is 12.0. The van der Waals surface area contributed by atoms with Crippen LogP contribution >= 0.6 is 11.6 Å². The summed E-state index contributed by atoms with van der Waals surface area (Å²) >= 11 is 5.57. The molecular formula is C10H14ClN3O2. The Bertz CT molecular complexity index is 385. The van der Waals surface area contributed by atoms with Gasteiger partial charge in [-0.1, -0.05) is 0 Å². The van der Waals surface area contributed by atoms with E-state index in [9.17, 15) is 9.59 Å². The lowest BCUT2D eigenvalue weighted by atomic mass is 10.3. The third-order valence-corrected chi connectivity index (χ3v) is 2.40. The van der Waals surface area contributed by atoms with E-state index in [0.29, 0.717) is 19.0 Å². The van der Waals surface area contributed by atoms with Gasteiger partial charge < -0.3 is 4.90 Å². The number of rotatable bonds is 5. The second-order valence-electron chi connectivity index (χ2n) is 3.23. The number of aromatic amines is 1. The number of alkyl halides is 1. The van der Waals surface area contributed by atoms with Gasteiger partial charge in [0.15, 0.2) is 0 Å². The van der Waals surface area contributed by atoms with Gasteiger partial charge in [0.25, 0.3) is 11.5 Å². The van der Waals surface area contributed by atoms with Crippen LogP contribution in [0.2, 0.25) is 0 Å². The molecule has 0 bridgehead atoms. The van der Waals surface area contributed by atoms with E-state index in [4.69, 9.17) is 11.6 Å². The summed E-state index contributed by atoms with van der Waals surface area (Å²) in [6.45, 7) is 3.08. The number of carbonyl (C=O) groups is 1. The second kappa shape index (κ2) is 6.27. The molecule has 0 unspecified atom stereocenters. The van der Waals surface area contributed by atoms with Crippen LogP contribution in [-0.2, 0) is 0 Å². The van der Waals surface area contributed by atoms with Crippen molar-refractivity contribution in [1.29, 1.82) is 0 Å². The van der Waals surface area contributed by atoms with Gasteiger partial charge in [0.05, 0.1) is 0 Å². The molecule has 0 saturated heterocycles. The smallest absolute Gasteiger partial charge is 0.274 e. The van der Waals surface area contributed by atoms with Crippen molar-refractivity contribution in [2.45, 2.75) is 13.3 Å². The quantitative estimate of drug-likeness (QED) is 0.780. The van der Waals surface area contributed by atoms with Crippen LogP contribution in [0, 0.1) is 0 Å². The summed E-state index contributed by atoms with van der Waals surface area (Å²) in [7, 11) is 0. The first-order valence-electron chi connectivity index (χ1n) is 5.10. The molecule has 1 heterocycles. The average molecular weight is 244 g/mol. The van der Waals surface area contributed by atoms with Crippen molar-refractivity contribution in [2.75, 3.05) is 19.0 Å². The molecule has 1 aromatic heterocycles. The van der Waals surface area contributed by atoms with Gasteiger partial charge in [-0.05, 0) is 19.4 Å². The first kappa shape index (κ1) is 12.7. The summed E-state index contributed by atoms with van der Waals surface area (Å²) in [6.07, 6.45) is 0.741. The molecule has 0 aromatic carbocycles. The molecule has 16 heavy (non-hydrogen) atoms. The first-order chi connectivity index (χ1) is 7.69. The molecule has 88 valence electrons. The van der Waals surface area contributed by atoms with E-state index in [1.807, 2.05) is 6.92 Å². The maximum atomic E-state index is 11.9. The third-order valence-electron chi connectivity index (χ3n) is 2.13. The molecule has 0 aliphatic carbocycles. The van der Waals surface area contributed by atoms with Gasteiger partial charge in [0, 0.05) is 25.0 Å². The zero-order valence-corrected chi connectivity index (χ0v) is 9.83. The minimum Gasteiger partial charge on any atom is -0.337 e. The Hall–Kier alpha value is -1.36. The highest BCUT2D eigenvalue weighted by Gasteiger charge is 2.14. The number of nitrogens with one attached hydrogen (secondary N) is 1. The van der Waals surface area contributed by atoms with Crippen molar-refractivity contribution in [3.8, 4) is 0 Å². The van der Waals surface area contributed by atoms with Crippen molar-refractivity contribution in [2.24, 2.45) is 0 Å². The van der Waals surface area contributed by atoms with Gasteiger partial charge in [0.2, 0.25) is 0 Å². The van der Waals surface area contributed by atoms with Gasteiger partial charge in [-0.25, -0.2) is 5.10 Å². The molecule has 0 aliphatic rings. The fraction of sp³-hybridized carbons (Fsp3) is 0.500. The highest BCUT2D eigenvalue weighted by Crippen LogP contribution is 2.01. The Morgan fingerprint density at radius 3 is 2.81 bits per heavy atom. The largest absolute Gasteiger partial charge is 0.337 e. The van der Waals surface area contributed by atoms with Crippen LogP contribution in [0.15, 0.2) is 16.9 Å². The molecule has 6 heteroatoms. The van der Waals surface area contributed by atoms with E-state index in [0.717, 1.165) is 6.42 Å². The SMILES string of the molecule is CCN(CCCCl)C(=O)c1ccc(=O)[nH]n1. The average Bonchev–Trinajstić information content (AvgIpc) is 2.30. The predicted molar refractivity (Wildman–Crippen MR) is 61.8 cm³/mol. The molecule has 0 fully saturated rings. The second-order valence-corrected chi connectivity index (χ2v) is 3.61. The molecule has 1 amide bonds. The van der Waals surface area contributed by atoms with E-state index >= 15 is 0 Å². The number of amides is 1. The van der Waals surface area contributed by atoms with Crippen molar-refractivity contribution in [1.82, 2.24) is 15.1 Å². The van der Waals surface area contributed by atoms with Crippen LogP contribution in [0.1, 0.15) is 23.8 Å². The fourth-order valence-electron chi connectivity index (χ4n) is 1.28. The van der Waals surface area contributed by atoms with Gasteiger partial charge in [-0.15, -0.1) is 11.6 Å². The van der Waals surface area contributed by atoms with E-state index in [1.54, 1.807) is 4.90 Å². The third kappa shape index (κ3) is 3.34. The van der Waals surface area contributed by atoms with Gasteiger partial charge >= 0.3 is 0 Å². The number of aromatic nitrogens is 2. The van der Waals surface area contributed by atoms with Crippen molar-refractivity contribution < 1.29 is 4.79 Å². The molecule has 1 aromatic rings. The lowest BCUT2D eigenvalue weighted by molar-refractivity contribution is 0.0757. The fourth-order valence-corrected chi connectivity index (χ4v) is 1.40. The van der Waals surface area contributed by atoms with Crippen LogP contribution in [0.5, 0.6) is 0 Å². The summed E-state index contributed by atoms with van der Waals surface area (Å²) in [6, 6.07) is 2.71. The maximum absolute atomic E-state index is 11.9. The van der Waals surface area contributed by atoms with Crippen LogP contribution in [-0.4, -0.2) is 40.0 Å². The molecule has 1 N–H and O–H groups in total. The van der Waals surface area contributed by atoms with E-state index in [1.165, 1.54) is 12.1 Å². The summed E-state index contributed by atoms with van der Waals surface area (Å²) in [4.78, 5) is 24.3. The summed E-state index contributed by atoms with van der Waals surface area (Å²) in [5.41, 5.74) is -0.0728. The predicted octanol–water partition coefficient (Wildman–Crippen LogP) is 0.861. The molecule has 5 nitrogen and oxygen atoms in total. The summed E-state index contributed by atoms with van der Waals surface area (Å²) in [5, 5.41) is 5.93. The molecule has 0 aliphatic heterocycles. The van der Waals surface area contributed by atoms with E-state index < -0.39 is 0 Å². The van der Waals surface area contributed by atoms with Crippen LogP contribution < -0.4 is 5.56 Å². The van der Waals surface area contributed by atoms with E-state index in [2.05, 4.69) is 10.2 Å². The van der Waals surface area contributed by atoms with Crippen molar-refractivity contribution >= 4 is 17.5 Å². The molecule has 0 saturated carbocycles. The molecule has 0 radical (unpaired) electrons. The Morgan fingerprint density at radius 2 is 2.31 bits per heavy atom. The number of H-pyrrole nitrogens is 1. The standard InChI is InChI=1S/C10H14ClN3O2/c1-2-14(7-3-6-11)10(16)8-4-5-9(15)13-12-8/h4-5H,2-3,6-7H2,1H3,(H,13,15).